The van der Waals surface area contributed by atoms with Crippen LogP contribution < -0.4 is 20.3 Å². The maximum absolute atomic E-state index is 12.1. The molecule has 0 radical (unpaired) electrons. The number of aromatic nitrogens is 4. The van der Waals surface area contributed by atoms with Gasteiger partial charge in [-0.25, -0.2) is 4.98 Å². The Labute approximate surface area is 172 Å². The molecule has 0 aliphatic carbocycles. The van der Waals surface area contributed by atoms with E-state index in [-0.39, 0.29) is 12.6 Å². The minimum absolute atomic E-state index is 0.171. The normalized spacial score (nSPS) is 10.4. The summed E-state index contributed by atoms with van der Waals surface area (Å²) in [6, 6.07) is 16.7. The summed E-state index contributed by atoms with van der Waals surface area (Å²) in [5, 5.41) is 8.83. The van der Waals surface area contributed by atoms with Crippen molar-refractivity contribution >= 4 is 22.8 Å². The van der Waals surface area contributed by atoms with Gasteiger partial charge in [0.1, 0.15) is 17.2 Å². The molecule has 0 unspecified atom stereocenters. The summed E-state index contributed by atoms with van der Waals surface area (Å²) in [5.74, 6) is 1.01. The number of benzene rings is 2. The molecule has 1 amide bonds. The van der Waals surface area contributed by atoms with Gasteiger partial charge in [-0.15, -0.1) is 10.2 Å². The highest BCUT2D eigenvalue weighted by atomic mass is 16.5. The van der Waals surface area contributed by atoms with Crippen molar-refractivity contribution in [2.45, 2.75) is 0 Å². The molecule has 0 saturated carbocycles. The highest BCUT2D eigenvalue weighted by Gasteiger charge is 2.08. The fourth-order valence-corrected chi connectivity index (χ4v) is 2.73. The second-order valence-electron chi connectivity index (χ2n) is 6.19. The van der Waals surface area contributed by atoms with E-state index in [1.54, 1.807) is 31.6 Å². The Morgan fingerprint density at radius 3 is 2.67 bits per heavy atom. The van der Waals surface area contributed by atoms with Crippen LogP contribution in [0.1, 0.15) is 0 Å². The summed E-state index contributed by atoms with van der Waals surface area (Å²) in [6.45, 7) is -0.201. The number of carbonyl (C=O) groups is 1. The third-order valence-electron chi connectivity index (χ3n) is 4.21. The molecule has 0 atom stereocenters. The molecule has 0 aliphatic heterocycles. The predicted octanol–water partition coefficient (Wildman–Crippen LogP) is 2.62. The monoisotopic (exact) mass is 402 g/mol. The first kappa shape index (κ1) is 19.1. The number of amides is 1. The number of fused-ring (bicyclic) bond motifs is 1. The van der Waals surface area contributed by atoms with Crippen LogP contribution in [-0.2, 0) is 4.79 Å². The Kier molecular flexibility index (Phi) is 5.61. The number of carbonyl (C=O) groups excluding carboxylic acids is 1. The van der Waals surface area contributed by atoms with Gasteiger partial charge in [-0.1, -0.05) is 30.3 Å². The van der Waals surface area contributed by atoms with E-state index in [1.807, 2.05) is 42.5 Å². The molecule has 30 heavy (non-hydrogen) atoms. The number of hydrazine groups is 1. The third-order valence-corrected chi connectivity index (χ3v) is 4.21. The van der Waals surface area contributed by atoms with Crippen molar-refractivity contribution in [3.63, 3.8) is 0 Å². The molecule has 9 nitrogen and oxygen atoms in total. The highest BCUT2D eigenvalue weighted by molar-refractivity contribution is 5.86. The molecular formula is C21H18N6O3. The highest BCUT2D eigenvalue weighted by Crippen LogP contribution is 2.26. The fourth-order valence-electron chi connectivity index (χ4n) is 2.73. The van der Waals surface area contributed by atoms with Crippen molar-refractivity contribution in [2.24, 2.45) is 0 Å². The summed E-state index contributed by atoms with van der Waals surface area (Å²) in [4.78, 5) is 20.5. The fraction of sp³-hybridized carbons (Fsp3) is 0.0952. The zero-order valence-corrected chi connectivity index (χ0v) is 16.1. The second kappa shape index (κ2) is 8.82. The van der Waals surface area contributed by atoms with Crippen LogP contribution in [-0.4, -0.2) is 39.8 Å². The summed E-state index contributed by atoms with van der Waals surface area (Å²) in [5.41, 5.74) is 7.35. The molecule has 0 aliphatic rings. The summed E-state index contributed by atoms with van der Waals surface area (Å²) >= 11 is 0. The Bertz CT molecular complexity index is 1150. The SMILES string of the molecule is COc1ccc2c(OCC(=O)NNc3ncc(-c4ccccc4)nn3)ccnc2c1. The lowest BCUT2D eigenvalue weighted by atomic mass is 10.2. The van der Waals surface area contributed by atoms with Gasteiger partial charge in [-0.3, -0.25) is 20.6 Å². The van der Waals surface area contributed by atoms with E-state index in [2.05, 4.69) is 31.0 Å². The smallest absolute Gasteiger partial charge is 0.276 e. The maximum atomic E-state index is 12.1. The standard InChI is InChI=1S/C21H18N6O3/c1-29-15-7-8-16-17(11-15)22-10-9-19(16)30-13-20(28)25-27-21-23-12-18(24-26-21)14-5-3-2-4-6-14/h2-12H,13H2,1H3,(H,25,28)(H,23,26,27). The topological polar surface area (TPSA) is 111 Å². The van der Waals surface area contributed by atoms with Gasteiger partial charge >= 0.3 is 0 Å². The molecule has 0 saturated heterocycles. The largest absolute Gasteiger partial charge is 0.497 e. The summed E-state index contributed by atoms with van der Waals surface area (Å²) in [6.07, 6.45) is 3.19. The molecule has 2 heterocycles. The first-order valence-electron chi connectivity index (χ1n) is 9.08. The van der Waals surface area contributed by atoms with E-state index in [1.165, 1.54) is 0 Å². The lowest BCUT2D eigenvalue weighted by Crippen LogP contribution is -2.34. The first-order valence-corrected chi connectivity index (χ1v) is 9.08. The van der Waals surface area contributed by atoms with E-state index in [9.17, 15) is 4.79 Å². The van der Waals surface area contributed by atoms with Crippen molar-refractivity contribution in [1.82, 2.24) is 25.6 Å². The molecular weight excluding hydrogens is 384 g/mol. The van der Waals surface area contributed by atoms with Gasteiger partial charge in [-0.05, 0) is 18.2 Å². The van der Waals surface area contributed by atoms with Gasteiger partial charge in [-0.2, -0.15) is 0 Å². The van der Waals surface area contributed by atoms with Crippen LogP contribution in [0.2, 0.25) is 0 Å². The van der Waals surface area contributed by atoms with E-state index < -0.39 is 5.91 Å². The molecule has 0 spiro atoms. The quantitative estimate of drug-likeness (QED) is 0.454. The lowest BCUT2D eigenvalue weighted by Gasteiger charge is -2.10. The number of nitrogens with one attached hydrogen (secondary N) is 2. The molecule has 0 bridgehead atoms. The maximum Gasteiger partial charge on any atom is 0.276 e. The Morgan fingerprint density at radius 1 is 1.03 bits per heavy atom. The van der Waals surface area contributed by atoms with Crippen molar-refractivity contribution in [2.75, 3.05) is 19.1 Å². The zero-order chi connectivity index (χ0) is 20.8. The van der Waals surface area contributed by atoms with Crippen LogP contribution >= 0.6 is 0 Å². The van der Waals surface area contributed by atoms with Crippen molar-refractivity contribution in [3.05, 3.63) is 67.0 Å². The van der Waals surface area contributed by atoms with Gasteiger partial charge < -0.3 is 9.47 Å². The molecule has 2 aromatic carbocycles. The number of rotatable bonds is 7. The Morgan fingerprint density at radius 2 is 1.90 bits per heavy atom. The molecule has 150 valence electrons. The van der Waals surface area contributed by atoms with Crippen molar-refractivity contribution in [3.8, 4) is 22.8 Å². The Hall–Kier alpha value is -4.27. The van der Waals surface area contributed by atoms with E-state index in [0.717, 1.165) is 10.9 Å². The number of nitrogens with zero attached hydrogens (tertiary/aromatic N) is 4. The van der Waals surface area contributed by atoms with Crippen LogP contribution in [0.15, 0.2) is 67.0 Å². The number of anilines is 1. The average Bonchev–Trinajstić information content (AvgIpc) is 2.81. The van der Waals surface area contributed by atoms with Crippen LogP contribution in [0.4, 0.5) is 5.95 Å². The van der Waals surface area contributed by atoms with Crippen LogP contribution in [0.5, 0.6) is 11.5 Å². The van der Waals surface area contributed by atoms with E-state index >= 15 is 0 Å². The van der Waals surface area contributed by atoms with Gasteiger partial charge in [0.2, 0.25) is 0 Å². The van der Waals surface area contributed by atoms with Crippen molar-refractivity contribution < 1.29 is 14.3 Å². The van der Waals surface area contributed by atoms with Crippen molar-refractivity contribution in [1.29, 1.82) is 0 Å². The number of ether oxygens (including phenoxy) is 2. The summed E-state index contributed by atoms with van der Waals surface area (Å²) < 4.78 is 10.8. The number of hydrogen-bond donors (Lipinski definition) is 2. The van der Waals surface area contributed by atoms with Crippen LogP contribution in [0.25, 0.3) is 22.2 Å². The lowest BCUT2D eigenvalue weighted by molar-refractivity contribution is -0.122. The number of pyridine rings is 1. The van der Waals surface area contributed by atoms with Gasteiger partial charge in [0.15, 0.2) is 6.61 Å². The van der Waals surface area contributed by atoms with E-state index in [4.69, 9.17) is 9.47 Å². The van der Waals surface area contributed by atoms with Crippen LogP contribution in [0, 0.1) is 0 Å². The number of hydrogen-bond acceptors (Lipinski definition) is 8. The molecule has 4 aromatic rings. The molecule has 2 N–H and O–H groups in total. The first-order chi connectivity index (χ1) is 14.7. The second-order valence-corrected chi connectivity index (χ2v) is 6.19. The molecule has 9 heteroatoms. The van der Waals surface area contributed by atoms with Gasteiger partial charge in [0.05, 0.1) is 18.8 Å². The predicted molar refractivity (Wildman–Crippen MR) is 111 cm³/mol. The van der Waals surface area contributed by atoms with Gasteiger partial charge in [0.25, 0.3) is 11.9 Å². The summed E-state index contributed by atoms with van der Waals surface area (Å²) in [7, 11) is 1.59. The average molecular weight is 402 g/mol. The minimum atomic E-state index is -0.399. The number of methoxy groups -OCH3 is 1. The molecule has 0 fully saturated rings. The van der Waals surface area contributed by atoms with E-state index in [0.29, 0.717) is 22.7 Å². The van der Waals surface area contributed by atoms with Gasteiger partial charge in [0, 0.05) is 23.2 Å². The molecule has 4 rings (SSSR count). The third kappa shape index (κ3) is 4.41. The molecule has 2 aromatic heterocycles. The Balaban J connectivity index is 1.33. The van der Waals surface area contributed by atoms with Crippen LogP contribution in [0.3, 0.4) is 0 Å². The minimum Gasteiger partial charge on any atom is -0.497 e. The zero-order valence-electron chi connectivity index (χ0n) is 16.1.